The molecule has 0 amide bonds. The third-order valence-corrected chi connectivity index (χ3v) is 3.51. The van der Waals surface area contributed by atoms with E-state index in [0.717, 1.165) is 38.3 Å². The molecule has 0 saturated carbocycles. The molecule has 1 aromatic carbocycles. The van der Waals surface area contributed by atoms with Gasteiger partial charge in [-0.3, -0.25) is 15.0 Å². The first kappa shape index (κ1) is 14.5. The van der Waals surface area contributed by atoms with Crippen LogP contribution in [0.3, 0.4) is 0 Å². The second-order valence-corrected chi connectivity index (χ2v) is 4.95. The Bertz CT molecular complexity index is 481. The molecule has 0 radical (unpaired) electrons. The molecule has 2 rings (SSSR count). The summed E-state index contributed by atoms with van der Waals surface area (Å²) in [5.41, 5.74) is 6.97. The van der Waals surface area contributed by atoms with Crippen molar-refractivity contribution in [2.24, 2.45) is 0 Å². The number of nitrogens with two attached hydrogens (primary N) is 1. The van der Waals surface area contributed by atoms with Gasteiger partial charge in [0.15, 0.2) is 0 Å². The maximum Gasteiger partial charge on any atom is 0.273 e. The molecule has 1 saturated heterocycles. The van der Waals surface area contributed by atoms with Gasteiger partial charge in [-0.2, -0.15) is 0 Å². The number of nitrogen functional groups attached to an aromatic ring is 1. The van der Waals surface area contributed by atoms with E-state index in [1.54, 1.807) is 12.1 Å². The minimum absolute atomic E-state index is 0.0245. The standard InChI is InChI=1S/C13H20N4O3/c14-11-8-12(10-13(9-11)17(19)20)16-3-1-2-15(4-5-16)6-7-18/h8-10,18H,1-7,14H2. The number of hydrogen-bond acceptors (Lipinski definition) is 6. The van der Waals surface area contributed by atoms with E-state index in [1.165, 1.54) is 6.07 Å². The molecule has 0 atom stereocenters. The maximum atomic E-state index is 10.9. The second kappa shape index (κ2) is 6.53. The first-order valence-electron chi connectivity index (χ1n) is 6.73. The number of benzene rings is 1. The van der Waals surface area contributed by atoms with Gasteiger partial charge in [0.2, 0.25) is 0 Å². The Balaban J connectivity index is 2.13. The van der Waals surface area contributed by atoms with Crippen molar-refractivity contribution < 1.29 is 10.0 Å². The number of β-amino-alcohol motifs (C(OH)–C–C–N with tert-alkyl or cyclic N) is 1. The van der Waals surface area contributed by atoms with Crippen molar-refractivity contribution in [2.45, 2.75) is 6.42 Å². The van der Waals surface area contributed by atoms with Crippen LogP contribution in [0.15, 0.2) is 18.2 Å². The Labute approximate surface area is 117 Å². The number of non-ortho nitro benzene ring substituents is 1. The zero-order chi connectivity index (χ0) is 14.5. The van der Waals surface area contributed by atoms with E-state index in [0.29, 0.717) is 12.2 Å². The quantitative estimate of drug-likeness (QED) is 0.478. The Morgan fingerprint density at radius 2 is 2.05 bits per heavy atom. The fraction of sp³-hybridized carbons (Fsp3) is 0.538. The van der Waals surface area contributed by atoms with Crippen molar-refractivity contribution in [1.82, 2.24) is 4.90 Å². The second-order valence-electron chi connectivity index (χ2n) is 4.95. The van der Waals surface area contributed by atoms with Crippen LogP contribution in [-0.4, -0.2) is 54.3 Å². The normalized spacial score (nSPS) is 16.9. The number of nitro benzene ring substituents is 1. The van der Waals surface area contributed by atoms with Crippen molar-refractivity contribution in [3.8, 4) is 0 Å². The number of hydrogen-bond donors (Lipinski definition) is 2. The van der Waals surface area contributed by atoms with Gasteiger partial charge in [0.05, 0.1) is 11.5 Å². The lowest BCUT2D eigenvalue weighted by molar-refractivity contribution is -0.384. The summed E-state index contributed by atoms with van der Waals surface area (Å²) in [6, 6.07) is 4.71. The van der Waals surface area contributed by atoms with Gasteiger partial charge in [-0.05, 0) is 19.0 Å². The molecule has 3 N–H and O–H groups in total. The molecule has 0 aromatic heterocycles. The van der Waals surface area contributed by atoms with Crippen LogP contribution in [0.25, 0.3) is 0 Å². The Morgan fingerprint density at radius 3 is 2.75 bits per heavy atom. The molecule has 1 fully saturated rings. The molecule has 1 aliphatic rings. The van der Waals surface area contributed by atoms with Crippen LogP contribution < -0.4 is 10.6 Å². The summed E-state index contributed by atoms with van der Waals surface area (Å²) in [5, 5.41) is 19.9. The van der Waals surface area contributed by atoms with Crippen LogP contribution in [0.2, 0.25) is 0 Å². The number of nitrogens with zero attached hydrogens (tertiary/aromatic N) is 3. The van der Waals surface area contributed by atoms with Crippen molar-refractivity contribution in [3.05, 3.63) is 28.3 Å². The summed E-state index contributed by atoms with van der Waals surface area (Å²) < 4.78 is 0. The smallest absolute Gasteiger partial charge is 0.273 e. The van der Waals surface area contributed by atoms with E-state index in [4.69, 9.17) is 10.8 Å². The number of rotatable bonds is 4. The molecule has 0 aliphatic carbocycles. The molecule has 7 nitrogen and oxygen atoms in total. The highest BCUT2D eigenvalue weighted by atomic mass is 16.6. The molecule has 1 aromatic rings. The molecular weight excluding hydrogens is 260 g/mol. The van der Waals surface area contributed by atoms with Crippen LogP contribution >= 0.6 is 0 Å². The molecule has 110 valence electrons. The van der Waals surface area contributed by atoms with Gasteiger partial charge in [-0.15, -0.1) is 0 Å². The third-order valence-electron chi connectivity index (χ3n) is 3.51. The highest BCUT2D eigenvalue weighted by molar-refractivity contribution is 5.62. The SMILES string of the molecule is Nc1cc(N2CCCN(CCO)CC2)cc([N+](=O)[O-])c1. The van der Waals surface area contributed by atoms with Crippen LogP contribution in [0.1, 0.15) is 6.42 Å². The number of anilines is 2. The van der Waals surface area contributed by atoms with Crippen molar-refractivity contribution >= 4 is 17.1 Å². The summed E-state index contributed by atoms with van der Waals surface area (Å²) in [7, 11) is 0. The van der Waals surface area contributed by atoms with E-state index in [9.17, 15) is 10.1 Å². The summed E-state index contributed by atoms with van der Waals surface area (Å²) in [4.78, 5) is 14.8. The monoisotopic (exact) mass is 280 g/mol. The van der Waals surface area contributed by atoms with E-state index in [1.807, 2.05) is 0 Å². The number of aliphatic hydroxyl groups excluding tert-OH is 1. The van der Waals surface area contributed by atoms with Crippen LogP contribution in [0.5, 0.6) is 0 Å². The molecule has 0 bridgehead atoms. The molecule has 0 spiro atoms. The lowest BCUT2D eigenvalue weighted by Gasteiger charge is -2.23. The van der Waals surface area contributed by atoms with E-state index >= 15 is 0 Å². The lowest BCUT2D eigenvalue weighted by atomic mass is 10.2. The molecule has 1 aliphatic heterocycles. The summed E-state index contributed by atoms with van der Waals surface area (Å²) in [6.45, 7) is 4.21. The molecular formula is C13H20N4O3. The largest absolute Gasteiger partial charge is 0.398 e. The van der Waals surface area contributed by atoms with Gasteiger partial charge in [0.1, 0.15) is 0 Å². The van der Waals surface area contributed by atoms with Gasteiger partial charge in [0, 0.05) is 49.7 Å². The van der Waals surface area contributed by atoms with Crippen LogP contribution in [0, 0.1) is 10.1 Å². The predicted octanol–water partition coefficient (Wildman–Crippen LogP) is 0.681. The summed E-state index contributed by atoms with van der Waals surface area (Å²) in [6.07, 6.45) is 0.961. The zero-order valence-electron chi connectivity index (χ0n) is 11.4. The Morgan fingerprint density at radius 1 is 1.25 bits per heavy atom. The van der Waals surface area contributed by atoms with E-state index < -0.39 is 4.92 Å². The third kappa shape index (κ3) is 3.58. The van der Waals surface area contributed by atoms with E-state index in [-0.39, 0.29) is 12.3 Å². The molecule has 1 heterocycles. The Kier molecular flexibility index (Phi) is 4.75. The Hall–Kier alpha value is -1.86. The maximum absolute atomic E-state index is 10.9. The first-order valence-corrected chi connectivity index (χ1v) is 6.73. The molecule has 7 heteroatoms. The van der Waals surface area contributed by atoms with Crippen molar-refractivity contribution in [2.75, 3.05) is 50.0 Å². The van der Waals surface area contributed by atoms with Crippen molar-refractivity contribution in [3.63, 3.8) is 0 Å². The highest BCUT2D eigenvalue weighted by Crippen LogP contribution is 2.26. The van der Waals surface area contributed by atoms with Gasteiger partial charge >= 0.3 is 0 Å². The highest BCUT2D eigenvalue weighted by Gasteiger charge is 2.17. The first-order chi connectivity index (χ1) is 9.60. The van der Waals surface area contributed by atoms with Crippen LogP contribution in [0.4, 0.5) is 17.1 Å². The molecule has 20 heavy (non-hydrogen) atoms. The zero-order valence-corrected chi connectivity index (χ0v) is 11.4. The van der Waals surface area contributed by atoms with Crippen molar-refractivity contribution in [1.29, 1.82) is 0 Å². The minimum Gasteiger partial charge on any atom is -0.398 e. The predicted molar refractivity (Wildman–Crippen MR) is 77.9 cm³/mol. The fourth-order valence-corrected chi connectivity index (χ4v) is 2.50. The van der Waals surface area contributed by atoms with Gasteiger partial charge in [-0.1, -0.05) is 0 Å². The topological polar surface area (TPSA) is 95.9 Å². The molecule has 0 unspecified atom stereocenters. The average Bonchev–Trinajstić information content (AvgIpc) is 2.64. The van der Waals surface area contributed by atoms with Gasteiger partial charge < -0.3 is 15.7 Å². The van der Waals surface area contributed by atoms with E-state index in [2.05, 4.69) is 9.80 Å². The fourth-order valence-electron chi connectivity index (χ4n) is 2.50. The average molecular weight is 280 g/mol. The number of aliphatic hydroxyl groups is 1. The number of nitro groups is 1. The lowest BCUT2D eigenvalue weighted by Crippen LogP contribution is -2.32. The summed E-state index contributed by atoms with van der Waals surface area (Å²) in [5.74, 6) is 0. The van der Waals surface area contributed by atoms with Crippen LogP contribution in [-0.2, 0) is 0 Å². The van der Waals surface area contributed by atoms with Gasteiger partial charge in [-0.25, -0.2) is 0 Å². The van der Waals surface area contributed by atoms with Gasteiger partial charge in [0.25, 0.3) is 5.69 Å². The summed E-state index contributed by atoms with van der Waals surface area (Å²) >= 11 is 0. The minimum atomic E-state index is -0.421.